The van der Waals surface area contributed by atoms with Gasteiger partial charge in [-0.25, -0.2) is 4.98 Å². The van der Waals surface area contributed by atoms with Crippen LogP contribution in [0.5, 0.6) is 0 Å². The summed E-state index contributed by atoms with van der Waals surface area (Å²) in [5, 5.41) is 14.9. The predicted octanol–water partition coefficient (Wildman–Crippen LogP) is 1.22. The number of aromatic amines is 1. The number of aliphatic hydroxyl groups is 1. The van der Waals surface area contributed by atoms with Crippen molar-refractivity contribution in [3.63, 3.8) is 0 Å². The van der Waals surface area contributed by atoms with Gasteiger partial charge in [-0.3, -0.25) is 0 Å². The van der Waals surface area contributed by atoms with Crippen molar-refractivity contribution in [3.05, 3.63) is 30.1 Å². The molecule has 0 aliphatic carbocycles. The first-order valence-electron chi connectivity index (χ1n) is 6.11. The molecule has 0 amide bonds. The maximum atomic E-state index is 10.5. The average molecular weight is 231 g/mol. The Hall–Kier alpha value is -1.39. The lowest BCUT2D eigenvalue weighted by Crippen LogP contribution is -2.47. The normalized spacial score (nSPS) is 25.2. The molecule has 4 heteroatoms. The van der Waals surface area contributed by atoms with E-state index in [9.17, 15) is 5.11 Å². The number of fused-ring (bicyclic) bond motifs is 1. The quantitative estimate of drug-likeness (QED) is 0.728. The second kappa shape index (κ2) is 4.13. The second-order valence-electron chi connectivity index (χ2n) is 4.89. The molecule has 0 radical (unpaired) electrons. The first-order valence-corrected chi connectivity index (χ1v) is 6.11. The third-order valence-electron chi connectivity index (χ3n) is 3.51. The highest BCUT2D eigenvalue weighted by Crippen LogP contribution is 2.25. The molecule has 0 bridgehead atoms. The van der Waals surface area contributed by atoms with Crippen molar-refractivity contribution in [1.29, 1.82) is 0 Å². The number of rotatable bonds is 2. The summed E-state index contributed by atoms with van der Waals surface area (Å²) in [6, 6.07) is 3.98. The lowest BCUT2D eigenvalue weighted by Gasteiger charge is -2.32. The molecule has 1 aliphatic heterocycles. The van der Waals surface area contributed by atoms with Gasteiger partial charge in [-0.1, -0.05) is 0 Å². The van der Waals surface area contributed by atoms with Crippen molar-refractivity contribution in [3.8, 4) is 0 Å². The van der Waals surface area contributed by atoms with Gasteiger partial charge in [0, 0.05) is 30.7 Å². The van der Waals surface area contributed by atoms with Crippen LogP contribution >= 0.6 is 0 Å². The van der Waals surface area contributed by atoms with Crippen molar-refractivity contribution in [2.24, 2.45) is 0 Å². The highest BCUT2D eigenvalue weighted by atomic mass is 16.3. The highest BCUT2D eigenvalue weighted by Gasteiger charge is 2.30. The van der Waals surface area contributed by atoms with Gasteiger partial charge in [0.15, 0.2) is 0 Å². The van der Waals surface area contributed by atoms with Crippen molar-refractivity contribution in [2.45, 2.75) is 24.9 Å². The Morgan fingerprint density at radius 2 is 2.41 bits per heavy atom. The zero-order chi connectivity index (χ0) is 11.7. The minimum Gasteiger partial charge on any atom is -0.388 e. The van der Waals surface area contributed by atoms with Crippen molar-refractivity contribution in [2.75, 3.05) is 13.1 Å². The van der Waals surface area contributed by atoms with Gasteiger partial charge < -0.3 is 15.4 Å². The van der Waals surface area contributed by atoms with E-state index in [4.69, 9.17) is 0 Å². The highest BCUT2D eigenvalue weighted by molar-refractivity contribution is 5.79. The standard InChI is InChI=1S/C13H17N3O/c17-13(4-2-5-14-9-13)7-10-8-16-12-11(10)3-1-6-15-12/h1,3,6,8,14,17H,2,4-5,7,9H2,(H,15,16). The van der Waals surface area contributed by atoms with E-state index in [0.717, 1.165) is 36.0 Å². The van der Waals surface area contributed by atoms with Crippen molar-refractivity contribution < 1.29 is 5.11 Å². The number of β-amino-alcohol motifs (C(OH)–C–C–N with tert-alkyl or cyclic N) is 1. The molecule has 0 aromatic carbocycles. The van der Waals surface area contributed by atoms with Gasteiger partial charge in [0.05, 0.1) is 5.60 Å². The third-order valence-corrected chi connectivity index (χ3v) is 3.51. The maximum absolute atomic E-state index is 10.5. The van der Waals surface area contributed by atoms with E-state index in [1.54, 1.807) is 6.20 Å². The van der Waals surface area contributed by atoms with Gasteiger partial charge in [-0.2, -0.15) is 0 Å². The van der Waals surface area contributed by atoms with Crippen LogP contribution in [-0.4, -0.2) is 33.8 Å². The summed E-state index contributed by atoms with van der Waals surface area (Å²) in [7, 11) is 0. The van der Waals surface area contributed by atoms with Gasteiger partial charge >= 0.3 is 0 Å². The fourth-order valence-electron chi connectivity index (χ4n) is 2.62. The van der Waals surface area contributed by atoms with Crippen LogP contribution in [0.1, 0.15) is 18.4 Å². The molecule has 1 atom stereocenters. The zero-order valence-corrected chi connectivity index (χ0v) is 9.74. The largest absolute Gasteiger partial charge is 0.388 e. The van der Waals surface area contributed by atoms with Crippen LogP contribution in [0.3, 0.4) is 0 Å². The molecule has 2 aromatic rings. The molecule has 2 aromatic heterocycles. The number of hydrogen-bond donors (Lipinski definition) is 3. The average Bonchev–Trinajstić information content (AvgIpc) is 2.73. The van der Waals surface area contributed by atoms with E-state index in [0.29, 0.717) is 13.0 Å². The van der Waals surface area contributed by atoms with Gasteiger partial charge in [0.2, 0.25) is 0 Å². The number of nitrogens with zero attached hydrogens (tertiary/aromatic N) is 1. The molecule has 90 valence electrons. The van der Waals surface area contributed by atoms with Gasteiger partial charge in [0.1, 0.15) is 5.65 Å². The molecule has 4 nitrogen and oxygen atoms in total. The Kier molecular flexibility index (Phi) is 2.61. The fraction of sp³-hybridized carbons (Fsp3) is 0.462. The minimum absolute atomic E-state index is 0.608. The lowest BCUT2D eigenvalue weighted by molar-refractivity contribution is 0.0172. The topological polar surface area (TPSA) is 60.9 Å². The van der Waals surface area contributed by atoms with Crippen LogP contribution in [-0.2, 0) is 6.42 Å². The molecule has 17 heavy (non-hydrogen) atoms. The summed E-state index contributed by atoms with van der Waals surface area (Å²) in [5.41, 5.74) is 1.44. The number of piperidine rings is 1. The van der Waals surface area contributed by atoms with E-state index >= 15 is 0 Å². The van der Waals surface area contributed by atoms with Gasteiger partial charge in [-0.15, -0.1) is 0 Å². The molecule has 3 rings (SSSR count). The lowest BCUT2D eigenvalue weighted by atomic mass is 9.87. The number of H-pyrrole nitrogens is 1. The first kappa shape index (κ1) is 10.7. The van der Waals surface area contributed by atoms with Crippen molar-refractivity contribution >= 4 is 11.0 Å². The van der Waals surface area contributed by atoms with E-state index in [2.05, 4.69) is 15.3 Å². The molecule has 1 unspecified atom stereocenters. The van der Waals surface area contributed by atoms with Gasteiger partial charge in [-0.05, 0) is 37.1 Å². The molecule has 0 spiro atoms. The smallest absolute Gasteiger partial charge is 0.137 e. The molecule has 3 N–H and O–H groups in total. The minimum atomic E-state index is -0.608. The predicted molar refractivity (Wildman–Crippen MR) is 66.9 cm³/mol. The maximum Gasteiger partial charge on any atom is 0.137 e. The SMILES string of the molecule is OC1(Cc2c[nH]c3ncccc23)CCCNC1. The molecular formula is C13H17N3O. The molecule has 3 heterocycles. The summed E-state index contributed by atoms with van der Waals surface area (Å²) in [6.45, 7) is 1.69. The van der Waals surface area contributed by atoms with Crippen LogP contribution < -0.4 is 5.32 Å². The third kappa shape index (κ3) is 2.06. The van der Waals surface area contributed by atoms with Gasteiger partial charge in [0.25, 0.3) is 0 Å². The van der Waals surface area contributed by atoms with Crippen LogP contribution in [0.15, 0.2) is 24.5 Å². The Labute approximate surface area is 100 Å². The van der Waals surface area contributed by atoms with Crippen LogP contribution in [0.2, 0.25) is 0 Å². The monoisotopic (exact) mass is 231 g/mol. The molecule has 1 fully saturated rings. The second-order valence-corrected chi connectivity index (χ2v) is 4.89. The van der Waals surface area contributed by atoms with E-state index < -0.39 is 5.60 Å². The summed E-state index contributed by atoms with van der Waals surface area (Å²) >= 11 is 0. The molecular weight excluding hydrogens is 214 g/mol. The summed E-state index contributed by atoms with van der Waals surface area (Å²) < 4.78 is 0. The zero-order valence-electron chi connectivity index (χ0n) is 9.74. The van der Waals surface area contributed by atoms with Crippen LogP contribution in [0.4, 0.5) is 0 Å². The summed E-state index contributed by atoms with van der Waals surface area (Å²) in [4.78, 5) is 7.42. The first-order chi connectivity index (χ1) is 8.27. The number of hydrogen-bond acceptors (Lipinski definition) is 3. The number of pyridine rings is 1. The molecule has 1 aliphatic rings. The summed E-state index contributed by atoms with van der Waals surface area (Å²) in [6.07, 6.45) is 6.33. The van der Waals surface area contributed by atoms with E-state index in [1.165, 1.54) is 0 Å². The Bertz CT molecular complexity index is 514. The van der Waals surface area contributed by atoms with Crippen molar-refractivity contribution in [1.82, 2.24) is 15.3 Å². The van der Waals surface area contributed by atoms with E-state index in [-0.39, 0.29) is 0 Å². The fourth-order valence-corrected chi connectivity index (χ4v) is 2.62. The Morgan fingerprint density at radius 3 is 3.24 bits per heavy atom. The van der Waals surface area contributed by atoms with Crippen LogP contribution in [0.25, 0.3) is 11.0 Å². The Balaban J connectivity index is 1.89. The van der Waals surface area contributed by atoms with Crippen LogP contribution in [0, 0.1) is 0 Å². The number of aromatic nitrogens is 2. The Morgan fingerprint density at radius 1 is 1.47 bits per heavy atom. The summed E-state index contributed by atoms with van der Waals surface area (Å²) in [5.74, 6) is 0. The number of nitrogens with one attached hydrogen (secondary N) is 2. The van der Waals surface area contributed by atoms with E-state index in [1.807, 2.05) is 18.3 Å². The molecule has 1 saturated heterocycles. The molecule has 0 saturated carbocycles.